The van der Waals surface area contributed by atoms with Gasteiger partial charge in [-0.15, -0.1) is 0 Å². The third-order valence-electron chi connectivity index (χ3n) is 5.65. The molecule has 0 bridgehead atoms. The molecule has 30 heavy (non-hydrogen) atoms. The van der Waals surface area contributed by atoms with Crippen molar-refractivity contribution in [2.75, 3.05) is 0 Å². The molecule has 3 heteroatoms. The van der Waals surface area contributed by atoms with Crippen LogP contribution in [0.1, 0.15) is 133 Å². The van der Waals surface area contributed by atoms with Gasteiger partial charge in [0.05, 0.1) is 5.56 Å². The number of rotatable bonds is 18. The summed E-state index contributed by atoms with van der Waals surface area (Å²) in [5, 5.41) is 0. The number of hydrogen-bond donors (Lipinski definition) is 0. The highest BCUT2D eigenvalue weighted by Gasteiger charge is 2.15. The SMILES string of the molecule is CCCCCCCCCC(=O)Oc1ccc(C)cc1C(=O)CCCCCCCCC. The van der Waals surface area contributed by atoms with Crippen molar-refractivity contribution >= 4 is 11.8 Å². The van der Waals surface area contributed by atoms with Gasteiger partial charge in [0.15, 0.2) is 5.78 Å². The number of carbonyl (C=O) groups excluding carboxylic acids is 2. The first-order valence-corrected chi connectivity index (χ1v) is 12.4. The van der Waals surface area contributed by atoms with Gasteiger partial charge >= 0.3 is 5.97 Å². The lowest BCUT2D eigenvalue weighted by atomic mass is 10.0. The predicted octanol–water partition coefficient (Wildman–Crippen LogP) is 8.36. The molecule has 0 radical (unpaired) electrons. The minimum absolute atomic E-state index is 0.0889. The first-order chi connectivity index (χ1) is 14.6. The fraction of sp³-hybridized carbons (Fsp3) is 0.704. The van der Waals surface area contributed by atoms with Crippen LogP contribution in [0.25, 0.3) is 0 Å². The first-order valence-electron chi connectivity index (χ1n) is 12.4. The van der Waals surface area contributed by atoms with Gasteiger partial charge < -0.3 is 4.74 Å². The molecule has 0 amide bonds. The quantitative estimate of drug-likeness (QED) is 0.104. The van der Waals surface area contributed by atoms with E-state index in [2.05, 4.69) is 13.8 Å². The van der Waals surface area contributed by atoms with Crippen LogP contribution in [0.2, 0.25) is 0 Å². The van der Waals surface area contributed by atoms with Crippen LogP contribution in [0.15, 0.2) is 18.2 Å². The molecule has 0 fully saturated rings. The molecule has 0 aliphatic rings. The number of hydrogen-bond acceptors (Lipinski definition) is 3. The molecule has 0 spiro atoms. The Morgan fingerprint density at radius 2 is 1.20 bits per heavy atom. The van der Waals surface area contributed by atoms with E-state index >= 15 is 0 Å². The van der Waals surface area contributed by atoms with E-state index in [1.165, 1.54) is 64.2 Å². The summed E-state index contributed by atoms with van der Waals surface area (Å²) in [6.45, 7) is 6.41. The Balaban J connectivity index is 2.40. The molecular weight excluding hydrogens is 372 g/mol. The lowest BCUT2D eigenvalue weighted by Gasteiger charge is -2.11. The molecule has 0 saturated carbocycles. The molecule has 0 heterocycles. The summed E-state index contributed by atoms with van der Waals surface area (Å²) in [5.74, 6) is 0.296. The lowest BCUT2D eigenvalue weighted by molar-refractivity contribution is -0.134. The number of benzene rings is 1. The predicted molar refractivity (Wildman–Crippen MR) is 126 cm³/mol. The average molecular weight is 417 g/mol. The summed E-state index contributed by atoms with van der Waals surface area (Å²) < 4.78 is 5.58. The monoisotopic (exact) mass is 416 g/mol. The van der Waals surface area contributed by atoms with Gasteiger partial charge in [-0.25, -0.2) is 0 Å². The maximum absolute atomic E-state index is 12.7. The van der Waals surface area contributed by atoms with Crippen LogP contribution in [0.3, 0.4) is 0 Å². The van der Waals surface area contributed by atoms with Crippen LogP contribution >= 0.6 is 0 Å². The molecule has 1 aromatic carbocycles. The van der Waals surface area contributed by atoms with E-state index in [1.807, 2.05) is 19.1 Å². The summed E-state index contributed by atoms with van der Waals surface area (Å²) in [7, 11) is 0. The highest BCUT2D eigenvalue weighted by molar-refractivity contribution is 5.99. The van der Waals surface area contributed by atoms with E-state index in [1.54, 1.807) is 6.07 Å². The average Bonchev–Trinajstić information content (AvgIpc) is 2.73. The molecule has 1 aromatic rings. The second-order valence-electron chi connectivity index (χ2n) is 8.64. The smallest absolute Gasteiger partial charge is 0.311 e. The molecule has 0 aliphatic carbocycles. The number of unbranched alkanes of at least 4 members (excludes halogenated alkanes) is 12. The Kier molecular flexibility index (Phi) is 15.0. The fourth-order valence-electron chi connectivity index (χ4n) is 3.73. The van der Waals surface area contributed by atoms with Crippen molar-refractivity contribution in [1.29, 1.82) is 0 Å². The number of Topliss-reactive ketones (excluding diaryl/α,β-unsaturated/α-hetero) is 1. The van der Waals surface area contributed by atoms with Crippen LogP contribution in [0, 0.1) is 6.92 Å². The van der Waals surface area contributed by atoms with Gasteiger partial charge in [0.1, 0.15) is 5.75 Å². The number of esters is 1. The standard InChI is InChI=1S/C27H44O3/c1-4-6-8-10-12-14-16-18-25(28)24-22-23(3)20-21-26(24)30-27(29)19-17-15-13-11-9-7-5-2/h20-22H,4-19H2,1-3H3. The van der Waals surface area contributed by atoms with Crippen molar-refractivity contribution in [2.24, 2.45) is 0 Å². The van der Waals surface area contributed by atoms with E-state index in [9.17, 15) is 9.59 Å². The van der Waals surface area contributed by atoms with Gasteiger partial charge in [0.25, 0.3) is 0 Å². The fourth-order valence-corrected chi connectivity index (χ4v) is 3.73. The maximum Gasteiger partial charge on any atom is 0.311 e. The van der Waals surface area contributed by atoms with Crippen LogP contribution in [-0.2, 0) is 4.79 Å². The molecule has 0 saturated heterocycles. The van der Waals surface area contributed by atoms with Gasteiger partial charge in [0.2, 0.25) is 0 Å². The summed E-state index contributed by atoms with van der Waals surface area (Å²) in [4.78, 5) is 25.0. The minimum Gasteiger partial charge on any atom is -0.426 e. The van der Waals surface area contributed by atoms with Crippen molar-refractivity contribution in [3.05, 3.63) is 29.3 Å². The summed E-state index contributed by atoms with van der Waals surface area (Å²) >= 11 is 0. The van der Waals surface area contributed by atoms with Crippen LogP contribution in [0.5, 0.6) is 5.75 Å². The molecular formula is C27H44O3. The molecule has 0 atom stereocenters. The highest BCUT2D eigenvalue weighted by atomic mass is 16.5. The van der Waals surface area contributed by atoms with Crippen molar-refractivity contribution in [3.8, 4) is 5.75 Å². The van der Waals surface area contributed by atoms with Gasteiger partial charge in [-0.1, -0.05) is 103 Å². The topological polar surface area (TPSA) is 43.4 Å². The van der Waals surface area contributed by atoms with E-state index < -0.39 is 0 Å². The Labute approximate surface area is 185 Å². The Morgan fingerprint density at radius 1 is 0.700 bits per heavy atom. The second kappa shape index (κ2) is 17.1. The number of ether oxygens (including phenoxy) is 1. The van der Waals surface area contributed by atoms with Crippen LogP contribution in [-0.4, -0.2) is 11.8 Å². The van der Waals surface area contributed by atoms with Gasteiger partial charge in [0, 0.05) is 12.8 Å². The van der Waals surface area contributed by atoms with E-state index in [0.29, 0.717) is 24.2 Å². The van der Waals surface area contributed by atoms with Crippen molar-refractivity contribution in [1.82, 2.24) is 0 Å². The van der Waals surface area contributed by atoms with Crippen molar-refractivity contribution in [3.63, 3.8) is 0 Å². The van der Waals surface area contributed by atoms with Gasteiger partial charge in [-0.3, -0.25) is 9.59 Å². The normalized spacial score (nSPS) is 10.9. The largest absolute Gasteiger partial charge is 0.426 e. The number of carbonyl (C=O) groups is 2. The summed E-state index contributed by atoms with van der Waals surface area (Å²) in [5.41, 5.74) is 1.58. The third kappa shape index (κ3) is 12.1. The molecule has 0 unspecified atom stereocenters. The molecule has 3 nitrogen and oxygen atoms in total. The number of ketones is 1. The van der Waals surface area contributed by atoms with Crippen molar-refractivity contribution in [2.45, 2.75) is 124 Å². The summed E-state index contributed by atoms with van der Waals surface area (Å²) in [6.07, 6.45) is 17.4. The zero-order valence-corrected chi connectivity index (χ0v) is 19.8. The number of aryl methyl sites for hydroxylation is 1. The molecule has 0 aromatic heterocycles. The first kappa shape index (κ1) is 26.4. The Hall–Kier alpha value is -1.64. The van der Waals surface area contributed by atoms with Crippen LogP contribution in [0.4, 0.5) is 0 Å². The second-order valence-corrected chi connectivity index (χ2v) is 8.64. The van der Waals surface area contributed by atoms with E-state index in [-0.39, 0.29) is 11.8 Å². The lowest BCUT2D eigenvalue weighted by Crippen LogP contribution is -2.11. The molecule has 0 aliphatic heterocycles. The Bertz CT molecular complexity index is 606. The minimum atomic E-state index is -0.225. The van der Waals surface area contributed by atoms with Crippen molar-refractivity contribution < 1.29 is 14.3 Å². The molecule has 170 valence electrons. The molecule has 1 rings (SSSR count). The molecule has 0 N–H and O–H groups in total. The highest BCUT2D eigenvalue weighted by Crippen LogP contribution is 2.24. The van der Waals surface area contributed by atoms with Gasteiger partial charge in [-0.2, -0.15) is 0 Å². The maximum atomic E-state index is 12.7. The van der Waals surface area contributed by atoms with Crippen LogP contribution < -0.4 is 4.74 Å². The van der Waals surface area contributed by atoms with E-state index in [4.69, 9.17) is 4.74 Å². The summed E-state index contributed by atoms with van der Waals surface area (Å²) in [6, 6.07) is 5.54. The third-order valence-corrected chi connectivity index (χ3v) is 5.65. The van der Waals surface area contributed by atoms with E-state index in [0.717, 1.165) is 31.2 Å². The zero-order valence-electron chi connectivity index (χ0n) is 19.8. The Morgan fingerprint density at radius 3 is 1.77 bits per heavy atom. The zero-order chi connectivity index (χ0) is 22.0. The van der Waals surface area contributed by atoms with Gasteiger partial charge in [-0.05, 0) is 31.9 Å².